The third kappa shape index (κ3) is 3.61. The molecule has 0 aliphatic rings. The summed E-state index contributed by atoms with van der Waals surface area (Å²) in [6, 6.07) is 12.1. The lowest BCUT2D eigenvalue weighted by molar-refractivity contribution is -0.384. The van der Waals surface area contributed by atoms with Gasteiger partial charge in [-0.05, 0) is 37.3 Å². The van der Waals surface area contributed by atoms with E-state index in [1.807, 2.05) is 30.5 Å². The summed E-state index contributed by atoms with van der Waals surface area (Å²) in [4.78, 5) is 15.0. The third-order valence-electron chi connectivity index (χ3n) is 3.59. The SMILES string of the molecule is CCOc1ccc(-c2nc(-c3ccc([N+](=O)[O-])cc3)cs2)cc1OC. The van der Waals surface area contributed by atoms with Gasteiger partial charge in [0.05, 0.1) is 24.3 Å². The van der Waals surface area contributed by atoms with E-state index in [0.717, 1.165) is 21.8 Å². The van der Waals surface area contributed by atoms with E-state index < -0.39 is 4.92 Å². The van der Waals surface area contributed by atoms with Gasteiger partial charge in [-0.1, -0.05) is 0 Å². The number of benzene rings is 2. The molecule has 0 saturated carbocycles. The number of nitro benzene ring substituents is 1. The number of nitrogens with zero attached hydrogens (tertiary/aromatic N) is 2. The second-order valence-electron chi connectivity index (χ2n) is 5.14. The van der Waals surface area contributed by atoms with E-state index in [1.54, 1.807) is 19.2 Å². The fourth-order valence-electron chi connectivity index (χ4n) is 2.37. The number of hydrogen-bond acceptors (Lipinski definition) is 6. The molecule has 0 unspecified atom stereocenters. The highest BCUT2D eigenvalue weighted by Crippen LogP contribution is 2.35. The zero-order chi connectivity index (χ0) is 17.8. The highest BCUT2D eigenvalue weighted by atomic mass is 32.1. The molecule has 0 amide bonds. The van der Waals surface area contributed by atoms with Crippen LogP contribution in [0.5, 0.6) is 11.5 Å². The first-order valence-corrected chi connectivity index (χ1v) is 8.52. The molecule has 0 spiro atoms. The Morgan fingerprint density at radius 3 is 2.48 bits per heavy atom. The minimum absolute atomic E-state index is 0.0652. The van der Waals surface area contributed by atoms with Crippen molar-refractivity contribution in [2.45, 2.75) is 6.92 Å². The van der Waals surface area contributed by atoms with E-state index in [1.165, 1.54) is 23.5 Å². The van der Waals surface area contributed by atoms with Crippen LogP contribution < -0.4 is 9.47 Å². The summed E-state index contributed by atoms with van der Waals surface area (Å²) in [6.45, 7) is 2.49. The molecule has 25 heavy (non-hydrogen) atoms. The predicted molar refractivity (Wildman–Crippen MR) is 97.4 cm³/mol. The van der Waals surface area contributed by atoms with Crippen molar-refractivity contribution in [1.82, 2.24) is 4.98 Å². The maximum Gasteiger partial charge on any atom is 0.269 e. The molecule has 0 bridgehead atoms. The second kappa shape index (κ2) is 7.31. The zero-order valence-corrected chi connectivity index (χ0v) is 14.6. The molecule has 128 valence electrons. The van der Waals surface area contributed by atoms with Gasteiger partial charge in [-0.2, -0.15) is 0 Å². The summed E-state index contributed by atoms with van der Waals surface area (Å²) < 4.78 is 10.9. The van der Waals surface area contributed by atoms with Gasteiger partial charge in [0.2, 0.25) is 0 Å². The van der Waals surface area contributed by atoms with E-state index in [4.69, 9.17) is 9.47 Å². The first-order chi connectivity index (χ1) is 12.1. The van der Waals surface area contributed by atoms with Gasteiger partial charge in [0, 0.05) is 28.6 Å². The molecule has 2 aromatic carbocycles. The Bertz CT molecular complexity index is 890. The van der Waals surface area contributed by atoms with Crippen molar-refractivity contribution < 1.29 is 14.4 Å². The van der Waals surface area contributed by atoms with E-state index >= 15 is 0 Å². The molecule has 0 atom stereocenters. The van der Waals surface area contributed by atoms with Crippen LogP contribution in [0.1, 0.15) is 6.92 Å². The van der Waals surface area contributed by atoms with Gasteiger partial charge in [0.25, 0.3) is 5.69 Å². The Labute approximate surface area is 148 Å². The maximum absolute atomic E-state index is 10.7. The van der Waals surface area contributed by atoms with Gasteiger partial charge in [-0.15, -0.1) is 11.3 Å². The molecular formula is C18H16N2O4S. The highest BCUT2D eigenvalue weighted by molar-refractivity contribution is 7.13. The first-order valence-electron chi connectivity index (χ1n) is 7.64. The van der Waals surface area contributed by atoms with Crippen LogP contribution in [0.2, 0.25) is 0 Å². The van der Waals surface area contributed by atoms with Crippen molar-refractivity contribution in [3.8, 4) is 33.3 Å². The number of hydrogen-bond donors (Lipinski definition) is 0. The van der Waals surface area contributed by atoms with Gasteiger partial charge < -0.3 is 9.47 Å². The first kappa shape index (κ1) is 16.9. The normalized spacial score (nSPS) is 10.5. The van der Waals surface area contributed by atoms with Crippen molar-refractivity contribution in [1.29, 1.82) is 0 Å². The minimum Gasteiger partial charge on any atom is -0.493 e. The largest absolute Gasteiger partial charge is 0.493 e. The molecule has 0 radical (unpaired) electrons. The van der Waals surface area contributed by atoms with Crippen LogP contribution in [0.15, 0.2) is 47.8 Å². The molecule has 7 heteroatoms. The van der Waals surface area contributed by atoms with Crippen molar-refractivity contribution in [2.75, 3.05) is 13.7 Å². The fraction of sp³-hybridized carbons (Fsp3) is 0.167. The lowest BCUT2D eigenvalue weighted by Crippen LogP contribution is -1.95. The Morgan fingerprint density at radius 1 is 1.12 bits per heavy atom. The summed E-state index contributed by atoms with van der Waals surface area (Å²) in [7, 11) is 1.60. The molecule has 0 saturated heterocycles. The van der Waals surface area contributed by atoms with E-state index in [2.05, 4.69) is 4.98 Å². The summed E-state index contributed by atoms with van der Waals surface area (Å²) >= 11 is 1.51. The summed E-state index contributed by atoms with van der Waals surface area (Å²) in [5.41, 5.74) is 2.61. The van der Waals surface area contributed by atoms with E-state index in [9.17, 15) is 10.1 Å². The fourth-order valence-corrected chi connectivity index (χ4v) is 3.19. The molecule has 0 fully saturated rings. The molecule has 0 N–H and O–H groups in total. The van der Waals surface area contributed by atoms with Gasteiger partial charge in [0.1, 0.15) is 5.01 Å². The van der Waals surface area contributed by atoms with Gasteiger partial charge in [-0.25, -0.2) is 4.98 Å². The lowest BCUT2D eigenvalue weighted by atomic mass is 10.1. The van der Waals surface area contributed by atoms with Crippen LogP contribution in [-0.4, -0.2) is 23.6 Å². The number of thiazole rings is 1. The number of ether oxygens (including phenoxy) is 2. The van der Waals surface area contributed by atoms with Crippen molar-refractivity contribution >= 4 is 17.0 Å². The van der Waals surface area contributed by atoms with Crippen LogP contribution in [0.4, 0.5) is 5.69 Å². The second-order valence-corrected chi connectivity index (χ2v) is 6.00. The Kier molecular flexibility index (Phi) is 4.95. The molecule has 1 aromatic heterocycles. The average molecular weight is 356 g/mol. The van der Waals surface area contributed by atoms with E-state index in [-0.39, 0.29) is 5.69 Å². The minimum atomic E-state index is -0.414. The molecule has 0 aliphatic carbocycles. The van der Waals surface area contributed by atoms with Gasteiger partial charge >= 0.3 is 0 Å². The van der Waals surface area contributed by atoms with Gasteiger partial charge in [0.15, 0.2) is 11.5 Å². The average Bonchev–Trinajstić information content (AvgIpc) is 3.12. The molecule has 3 aromatic rings. The van der Waals surface area contributed by atoms with Crippen LogP contribution in [0.25, 0.3) is 21.8 Å². The Morgan fingerprint density at radius 2 is 1.84 bits per heavy atom. The van der Waals surface area contributed by atoms with Crippen molar-refractivity contribution in [3.05, 3.63) is 58.0 Å². The molecule has 1 heterocycles. The zero-order valence-electron chi connectivity index (χ0n) is 13.8. The van der Waals surface area contributed by atoms with Crippen molar-refractivity contribution in [2.24, 2.45) is 0 Å². The smallest absolute Gasteiger partial charge is 0.269 e. The topological polar surface area (TPSA) is 74.5 Å². The molecule has 6 nitrogen and oxygen atoms in total. The predicted octanol–water partition coefficient (Wildman–Crippen LogP) is 4.79. The number of rotatable bonds is 6. The summed E-state index contributed by atoms with van der Waals surface area (Å²) in [6.07, 6.45) is 0. The van der Waals surface area contributed by atoms with Crippen LogP contribution in [-0.2, 0) is 0 Å². The summed E-state index contributed by atoms with van der Waals surface area (Å²) in [5, 5.41) is 13.5. The Hall–Kier alpha value is -2.93. The molecular weight excluding hydrogens is 340 g/mol. The number of non-ortho nitro benzene ring substituents is 1. The maximum atomic E-state index is 10.7. The lowest BCUT2D eigenvalue weighted by Gasteiger charge is -2.09. The van der Waals surface area contributed by atoms with Crippen molar-refractivity contribution in [3.63, 3.8) is 0 Å². The van der Waals surface area contributed by atoms with Crippen LogP contribution in [0.3, 0.4) is 0 Å². The van der Waals surface area contributed by atoms with Crippen LogP contribution >= 0.6 is 11.3 Å². The molecule has 0 aliphatic heterocycles. The monoisotopic (exact) mass is 356 g/mol. The summed E-state index contributed by atoms with van der Waals surface area (Å²) in [5.74, 6) is 1.35. The number of nitro groups is 1. The number of aromatic nitrogens is 1. The standard InChI is InChI=1S/C18H16N2O4S/c1-3-24-16-9-6-13(10-17(16)23-2)18-19-15(11-25-18)12-4-7-14(8-5-12)20(21)22/h4-11H,3H2,1-2H3. The highest BCUT2D eigenvalue weighted by Gasteiger charge is 2.12. The third-order valence-corrected chi connectivity index (χ3v) is 4.48. The van der Waals surface area contributed by atoms with Gasteiger partial charge in [-0.3, -0.25) is 10.1 Å². The quantitative estimate of drug-likeness (QED) is 0.469. The van der Waals surface area contributed by atoms with Crippen LogP contribution in [0, 0.1) is 10.1 Å². The van der Waals surface area contributed by atoms with E-state index in [0.29, 0.717) is 18.1 Å². The Balaban J connectivity index is 1.89. The molecule has 3 rings (SSSR count). The number of methoxy groups -OCH3 is 1.